The topological polar surface area (TPSA) is 92.2 Å². The van der Waals surface area contributed by atoms with Gasteiger partial charge in [0.1, 0.15) is 0 Å². The number of likely N-dealkylation sites (tertiary alicyclic amines) is 1. The predicted molar refractivity (Wildman–Crippen MR) is 96.8 cm³/mol. The number of aromatic nitrogens is 1. The lowest BCUT2D eigenvalue weighted by atomic mass is 9.82. The summed E-state index contributed by atoms with van der Waals surface area (Å²) in [5.74, 6) is -2.31. The van der Waals surface area contributed by atoms with Crippen LogP contribution in [0.1, 0.15) is 18.4 Å². The van der Waals surface area contributed by atoms with Crippen LogP contribution in [0.4, 0.5) is 13.2 Å². The Morgan fingerprint density at radius 2 is 2.03 bits per heavy atom. The molecule has 1 N–H and O–H groups in total. The van der Waals surface area contributed by atoms with Crippen LogP contribution in [0.5, 0.6) is 0 Å². The Kier molecular flexibility index (Phi) is 7.27. The maximum atomic E-state index is 12.8. The number of hydroxylamine groups is 2. The van der Waals surface area contributed by atoms with Crippen LogP contribution in [-0.2, 0) is 25.7 Å². The highest BCUT2D eigenvalue weighted by Crippen LogP contribution is 2.35. The first-order chi connectivity index (χ1) is 14.3. The molecule has 1 aromatic heterocycles. The lowest BCUT2D eigenvalue weighted by Crippen LogP contribution is -2.52. The molecule has 0 aromatic carbocycles. The standard InChI is InChI=1S/C17H23N3O3.C2HF3O2/c21-17(20-6-2-7-23-20)15-11-19(10-13-3-1-5-18-9-13)12-16-14(15)4-8-22-16;3-2(4,5)1(6)7/h1,3,5,9,14-16H,2,4,6-8,10-12H2;(H,6,7)/t14-,15-,16+;/m0./s1. The second kappa shape index (κ2) is 9.71. The van der Waals surface area contributed by atoms with Crippen molar-refractivity contribution in [1.82, 2.24) is 14.9 Å². The summed E-state index contributed by atoms with van der Waals surface area (Å²) in [6.45, 7) is 4.62. The fraction of sp³-hybridized carbons (Fsp3) is 0.632. The highest BCUT2D eigenvalue weighted by atomic mass is 19.4. The summed E-state index contributed by atoms with van der Waals surface area (Å²) in [7, 11) is 0. The van der Waals surface area contributed by atoms with E-state index in [0.29, 0.717) is 12.5 Å². The maximum absolute atomic E-state index is 12.8. The Bertz CT molecular complexity index is 728. The smallest absolute Gasteiger partial charge is 0.475 e. The van der Waals surface area contributed by atoms with Crippen molar-refractivity contribution in [2.75, 3.05) is 32.8 Å². The zero-order valence-corrected chi connectivity index (χ0v) is 16.3. The van der Waals surface area contributed by atoms with Crippen LogP contribution in [0.2, 0.25) is 0 Å². The molecule has 4 rings (SSSR count). The molecular formula is C19H24F3N3O5. The van der Waals surface area contributed by atoms with Crippen LogP contribution in [0.15, 0.2) is 24.5 Å². The molecule has 0 saturated carbocycles. The minimum absolute atomic E-state index is 0.0222. The number of hydrogen-bond donors (Lipinski definition) is 1. The van der Waals surface area contributed by atoms with Gasteiger partial charge in [-0.25, -0.2) is 9.86 Å². The monoisotopic (exact) mass is 431 g/mol. The third-order valence-corrected chi connectivity index (χ3v) is 5.36. The summed E-state index contributed by atoms with van der Waals surface area (Å²) in [5.41, 5.74) is 1.17. The summed E-state index contributed by atoms with van der Waals surface area (Å²) in [6.07, 6.45) is 0.671. The van der Waals surface area contributed by atoms with Gasteiger partial charge in [0.25, 0.3) is 5.91 Å². The van der Waals surface area contributed by atoms with Gasteiger partial charge in [-0.1, -0.05) is 6.07 Å². The lowest BCUT2D eigenvalue weighted by molar-refractivity contribution is -0.192. The number of nitrogens with zero attached hydrogens (tertiary/aromatic N) is 3. The number of pyridine rings is 1. The van der Waals surface area contributed by atoms with Gasteiger partial charge in [0.2, 0.25) is 0 Å². The molecule has 11 heteroatoms. The second-order valence-corrected chi connectivity index (χ2v) is 7.45. The van der Waals surface area contributed by atoms with Crippen LogP contribution >= 0.6 is 0 Å². The highest BCUT2D eigenvalue weighted by Gasteiger charge is 2.45. The summed E-state index contributed by atoms with van der Waals surface area (Å²) in [5, 5.41) is 8.70. The molecule has 3 aliphatic rings. The molecule has 8 nitrogen and oxygen atoms in total. The molecular weight excluding hydrogens is 407 g/mol. The highest BCUT2D eigenvalue weighted by molar-refractivity contribution is 5.79. The Balaban J connectivity index is 0.000000318. The quantitative estimate of drug-likeness (QED) is 0.779. The second-order valence-electron chi connectivity index (χ2n) is 7.45. The van der Waals surface area contributed by atoms with Gasteiger partial charge in [-0.2, -0.15) is 13.2 Å². The lowest BCUT2D eigenvalue weighted by Gasteiger charge is -2.40. The van der Waals surface area contributed by atoms with Gasteiger partial charge in [0.15, 0.2) is 0 Å². The maximum Gasteiger partial charge on any atom is 0.490 e. The number of amides is 1. The van der Waals surface area contributed by atoms with Crippen LogP contribution in [0, 0.1) is 11.8 Å². The number of carboxylic acid groups (broad SMARTS) is 1. The van der Waals surface area contributed by atoms with E-state index in [-0.39, 0.29) is 17.9 Å². The van der Waals surface area contributed by atoms with Gasteiger partial charge in [0.05, 0.1) is 25.2 Å². The largest absolute Gasteiger partial charge is 0.490 e. The molecule has 166 valence electrons. The zero-order chi connectivity index (χ0) is 21.7. The van der Waals surface area contributed by atoms with E-state index in [1.165, 1.54) is 5.56 Å². The Labute approximate surface area is 171 Å². The first-order valence-corrected chi connectivity index (χ1v) is 9.73. The van der Waals surface area contributed by atoms with Gasteiger partial charge in [-0.3, -0.25) is 19.5 Å². The first-order valence-electron chi connectivity index (χ1n) is 9.73. The van der Waals surface area contributed by atoms with E-state index in [9.17, 15) is 18.0 Å². The molecule has 0 unspecified atom stereocenters. The summed E-state index contributed by atoms with van der Waals surface area (Å²) < 4.78 is 37.6. The molecule has 4 heterocycles. The van der Waals surface area contributed by atoms with E-state index in [4.69, 9.17) is 19.5 Å². The van der Waals surface area contributed by atoms with Crippen molar-refractivity contribution in [1.29, 1.82) is 0 Å². The Morgan fingerprint density at radius 1 is 1.27 bits per heavy atom. The number of carbonyl (C=O) groups excluding carboxylic acids is 1. The number of carbonyl (C=O) groups is 2. The fourth-order valence-corrected chi connectivity index (χ4v) is 4.00. The normalized spacial score (nSPS) is 26.6. The molecule has 0 aliphatic carbocycles. The third-order valence-electron chi connectivity index (χ3n) is 5.36. The van der Waals surface area contributed by atoms with Crippen molar-refractivity contribution in [2.45, 2.75) is 31.7 Å². The van der Waals surface area contributed by atoms with Gasteiger partial charge in [-0.05, 0) is 24.5 Å². The van der Waals surface area contributed by atoms with Gasteiger partial charge in [-0.15, -0.1) is 0 Å². The molecule has 0 radical (unpaired) electrons. The van der Waals surface area contributed by atoms with Crippen molar-refractivity contribution in [2.24, 2.45) is 11.8 Å². The van der Waals surface area contributed by atoms with Crippen LogP contribution in [0.25, 0.3) is 0 Å². The Morgan fingerprint density at radius 3 is 2.63 bits per heavy atom. The van der Waals surface area contributed by atoms with Crippen LogP contribution in [-0.4, -0.2) is 77.1 Å². The van der Waals surface area contributed by atoms with Gasteiger partial charge < -0.3 is 9.84 Å². The van der Waals surface area contributed by atoms with Crippen molar-refractivity contribution < 1.29 is 37.4 Å². The van der Waals surface area contributed by atoms with E-state index in [0.717, 1.165) is 45.6 Å². The average molecular weight is 431 g/mol. The SMILES string of the molecule is O=C(O)C(F)(F)F.O=C([C@H]1CN(Cc2cccnc2)C[C@H]2OCC[C@@H]12)N1CCCO1. The van der Waals surface area contributed by atoms with Crippen LogP contribution in [0.3, 0.4) is 0 Å². The summed E-state index contributed by atoms with van der Waals surface area (Å²) >= 11 is 0. The van der Waals surface area contributed by atoms with E-state index in [2.05, 4.69) is 16.0 Å². The molecule has 30 heavy (non-hydrogen) atoms. The van der Waals surface area contributed by atoms with E-state index in [1.807, 2.05) is 12.3 Å². The molecule has 1 amide bonds. The number of alkyl halides is 3. The molecule has 0 spiro atoms. The van der Waals surface area contributed by atoms with E-state index >= 15 is 0 Å². The number of halogens is 3. The van der Waals surface area contributed by atoms with Crippen molar-refractivity contribution in [3.63, 3.8) is 0 Å². The number of carboxylic acids is 1. The van der Waals surface area contributed by atoms with Gasteiger partial charge in [0, 0.05) is 44.6 Å². The minimum Gasteiger partial charge on any atom is -0.475 e. The van der Waals surface area contributed by atoms with Crippen LogP contribution < -0.4 is 0 Å². The van der Waals surface area contributed by atoms with Crippen molar-refractivity contribution in [3.05, 3.63) is 30.1 Å². The number of rotatable bonds is 3. The number of ether oxygens (including phenoxy) is 1. The Hall–Kier alpha value is -2.24. The average Bonchev–Trinajstić information content (AvgIpc) is 3.39. The molecule has 3 aliphatic heterocycles. The molecule has 3 saturated heterocycles. The van der Waals surface area contributed by atoms with Gasteiger partial charge >= 0.3 is 12.1 Å². The first kappa shape index (κ1) is 22.4. The van der Waals surface area contributed by atoms with E-state index < -0.39 is 12.1 Å². The third kappa shape index (κ3) is 5.67. The molecule has 0 bridgehead atoms. The summed E-state index contributed by atoms with van der Waals surface area (Å²) in [6, 6.07) is 4.03. The predicted octanol–water partition coefficient (Wildman–Crippen LogP) is 1.72. The molecule has 1 aromatic rings. The number of fused-ring (bicyclic) bond motifs is 1. The minimum atomic E-state index is -5.08. The number of hydrogen-bond acceptors (Lipinski definition) is 6. The van der Waals surface area contributed by atoms with Crippen molar-refractivity contribution >= 4 is 11.9 Å². The number of piperidine rings is 1. The zero-order valence-electron chi connectivity index (χ0n) is 16.3. The molecule has 3 atom stereocenters. The van der Waals surface area contributed by atoms with E-state index in [1.54, 1.807) is 11.3 Å². The number of aliphatic carboxylic acids is 1. The summed E-state index contributed by atoms with van der Waals surface area (Å²) in [4.78, 5) is 33.7. The van der Waals surface area contributed by atoms with Crippen molar-refractivity contribution in [3.8, 4) is 0 Å². The molecule has 3 fully saturated rings. The fourth-order valence-electron chi connectivity index (χ4n) is 4.00.